The monoisotopic (exact) mass is 290 g/mol. The van der Waals surface area contributed by atoms with Gasteiger partial charge in [-0.15, -0.1) is 0 Å². The van der Waals surface area contributed by atoms with Gasteiger partial charge in [0.15, 0.2) is 0 Å². The van der Waals surface area contributed by atoms with E-state index in [2.05, 4.69) is 9.73 Å². The van der Waals surface area contributed by atoms with Crippen molar-refractivity contribution < 1.29 is 14.3 Å². The molecular weight excluding hydrogens is 275 g/mol. The van der Waals surface area contributed by atoms with Crippen molar-refractivity contribution in [1.82, 2.24) is 4.90 Å². The number of esters is 1. The number of methoxy groups -OCH3 is 1. The quantitative estimate of drug-likeness (QED) is 0.416. The van der Waals surface area contributed by atoms with Crippen LogP contribution in [0.5, 0.6) is 0 Å². The van der Waals surface area contributed by atoms with Crippen molar-refractivity contribution in [3.8, 4) is 0 Å². The summed E-state index contributed by atoms with van der Waals surface area (Å²) >= 11 is -0.183. The summed E-state index contributed by atoms with van der Waals surface area (Å²) in [5.74, 6) is -0.812. The zero-order valence-electron chi connectivity index (χ0n) is 9.52. The van der Waals surface area contributed by atoms with Gasteiger partial charge in [-0.1, -0.05) is 0 Å². The standard InChI is InChI=1S/C10H14N2O3Se/c1-4-12(5-2)10-11-9(14)7(16-10)6-8(13)15-3/h6H,4-5H2,1-3H3/b7-6-. The van der Waals surface area contributed by atoms with Crippen LogP contribution in [0.4, 0.5) is 0 Å². The van der Waals surface area contributed by atoms with Crippen molar-refractivity contribution in [3.63, 3.8) is 0 Å². The minimum atomic E-state index is -0.499. The predicted molar refractivity (Wildman–Crippen MR) is 61.2 cm³/mol. The molecule has 0 N–H and O–H groups in total. The van der Waals surface area contributed by atoms with Crippen molar-refractivity contribution in [3.05, 3.63) is 10.5 Å². The van der Waals surface area contributed by atoms with Crippen LogP contribution in [0.3, 0.4) is 0 Å². The Morgan fingerprint density at radius 3 is 2.62 bits per heavy atom. The molecule has 0 radical (unpaired) electrons. The van der Waals surface area contributed by atoms with Gasteiger partial charge in [-0.2, -0.15) is 0 Å². The van der Waals surface area contributed by atoms with E-state index in [-0.39, 0.29) is 20.9 Å². The molecule has 0 aromatic rings. The van der Waals surface area contributed by atoms with Gasteiger partial charge in [0, 0.05) is 0 Å². The molecule has 0 saturated heterocycles. The topological polar surface area (TPSA) is 59.0 Å². The Hall–Kier alpha value is -1.13. The number of rotatable bonds is 3. The summed E-state index contributed by atoms with van der Waals surface area (Å²) in [6.45, 7) is 5.65. The van der Waals surface area contributed by atoms with E-state index in [1.54, 1.807) is 0 Å². The second kappa shape index (κ2) is 5.82. The van der Waals surface area contributed by atoms with Crippen molar-refractivity contribution >= 4 is 31.6 Å². The van der Waals surface area contributed by atoms with Crippen molar-refractivity contribution in [1.29, 1.82) is 0 Å². The van der Waals surface area contributed by atoms with E-state index in [0.29, 0.717) is 4.47 Å². The van der Waals surface area contributed by atoms with Gasteiger partial charge in [0.25, 0.3) is 0 Å². The fourth-order valence-corrected chi connectivity index (χ4v) is 3.29. The van der Waals surface area contributed by atoms with Crippen LogP contribution >= 0.6 is 0 Å². The molecule has 1 amide bonds. The van der Waals surface area contributed by atoms with Gasteiger partial charge < -0.3 is 0 Å². The van der Waals surface area contributed by atoms with Crippen LogP contribution in [0.15, 0.2) is 15.5 Å². The van der Waals surface area contributed by atoms with E-state index in [4.69, 9.17) is 0 Å². The molecular formula is C10H14N2O3Se. The van der Waals surface area contributed by atoms with Crippen molar-refractivity contribution in [2.45, 2.75) is 13.8 Å². The van der Waals surface area contributed by atoms with Gasteiger partial charge in [-0.25, -0.2) is 0 Å². The summed E-state index contributed by atoms with van der Waals surface area (Å²) in [7, 11) is 1.29. The van der Waals surface area contributed by atoms with E-state index in [1.165, 1.54) is 13.2 Å². The number of hydrogen-bond donors (Lipinski definition) is 0. The molecule has 0 aromatic heterocycles. The third kappa shape index (κ3) is 2.93. The minimum absolute atomic E-state index is 0.183. The molecule has 1 aliphatic rings. The first kappa shape index (κ1) is 12.9. The Labute approximate surface area is 101 Å². The molecule has 1 aliphatic heterocycles. The Morgan fingerprint density at radius 1 is 1.50 bits per heavy atom. The van der Waals surface area contributed by atoms with Gasteiger partial charge in [0.1, 0.15) is 0 Å². The first-order chi connectivity index (χ1) is 7.62. The number of amidine groups is 1. The number of carbonyl (C=O) groups excluding carboxylic acids is 2. The summed E-state index contributed by atoms with van der Waals surface area (Å²) in [6, 6.07) is 0. The van der Waals surface area contributed by atoms with Crippen LogP contribution in [0.1, 0.15) is 13.8 Å². The molecule has 88 valence electrons. The summed E-state index contributed by atoms with van der Waals surface area (Å²) in [5.41, 5.74) is 0. The molecule has 1 heterocycles. The van der Waals surface area contributed by atoms with E-state index in [1.807, 2.05) is 18.7 Å². The number of hydrogen-bond acceptors (Lipinski definition) is 4. The SMILES string of the molecule is CCN(CC)C1=NC(=O)/C(=C/C(=O)OC)[Se]1. The van der Waals surface area contributed by atoms with Crippen LogP contribution < -0.4 is 0 Å². The summed E-state index contributed by atoms with van der Waals surface area (Å²) in [4.78, 5) is 28.5. The summed E-state index contributed by atoms with van der Waals surface area (Å²) < 4.78 is 5.74. The van der Waals surface area contributed by atoms with Crippen LogP contribution in [-0.2, 0) is 14.3 Å². The van der Waals surface area contributed by atoms with E-state index >= 15 is 0 Å². The van der Waals surface area contributed by atoms with Gasteiger partial charge in [0.2, 0.25) is 0 Å². The molecule has 0 saturated carbocycles. The third-order valence-corrected chi connectivity index (χ3v) is 4.28. The Bertz CT molecular complexity index is 359. The first-order valence-corrected chi connectivity index (χ1v) is 6.69. The number of amides is 1. The molecule has 0 spiro atoms. The zero-order chi connectivity index (χ0) is 12.1. The summed E-state index contributed by atoms with van der Waals surface area (Å²) in [5, 5.41) is 0. The average Bonchev–Trinajstić information content (AvgIpc) is 2.62. The van der Waals surface area contributed by atoms with E-state index in [9.17, 15) is 9.59 Å². The van der Waals surface area contributed by atoms with Crippen molar-refractivity contribution in [2.75, 3.05) is 20.2 Å². The molecule has 6 heteroatoms. The Balaban J connectivity index is 2.78. The Morgan fingerprint density at radius 2 is 2.12 bits per heavy atom. The molecule has 0 aromatic carbocycles. The second-order valence-corrected chi connectivity index (χ2v) is 5.12. The normalized spacial score (nSPS) is 17.6. The average molecular weight is 289 g/mol. The Kier molecular flexibility index (Phi) is 4.70. The predicted octanol–water partition coefficient (Wildman–Crippen LogP) is -0.0145. The molecule has 0 atom stereocenters. The maximum absolute atomic E-state index is 11.5. The number of aliphatic imine (C=N–C) groups is 1. The molecule has 5 nitrogen and oxygen atoms in total. The van der Waals surface area contributed by atoms with Crippen molar-refractivity contribution in [2.24, 2.45) is 4.99 Å². The fraction of sp³-hybridized carbons (Fsp3) is 0.500. The number of nitrogens with zero attached hydrogens (tertiary/aromatic N) is 2. The molecule has 1 rings (SSSR count). The van der Waals surface area contributed by atoms with Crippen LogP contribution in [0, 0.1) is 0 Å². The number of carbonyl (C=O) groups is 2. The first-order valence-electron chi connectivity index (χ1n) is 4.97. The summed E-state index contributed by atoms with van der Waals surface area (Å²) in [6.07, 6.45) is 1.24. The van der Waals surface area contributed by atoms with E-state index < -0.39 is 5.97 Å². The van der Waals surface area contributed by atoms with Crippen LogP contribution in [0.25, 0.3) is 0 Å². The molecule has 0 aliphatic carbocycles. The van der Waals surface area contributed by atoms with Gasteiger partial charge in [-0.05, 0) is 0 Å². The van der Waals surface area contributed by atoms with Gasteiger partial charge in [-0.3, -0.25) is 0 Å². The fourth-order valence-electron chi connectivity index (χ4n) is 1.19. The van der Waals surface area contributed by atoms with Gasteiger partial charge in [0.05, 0.1) is 0 Å². The van der Waals surface area contributed by atoms with Gasteiger partial charge >= 0.3 is 100 Å². The van der Waals surface area contributed by atoms with E-state index in [0.717, 1.165) is 17.8 Å². The second-order valence-electron chi connectivity index (χ2n) is 3.01. The molecule has 0 fully saturated rings. The maximum atomic E-state index is 11.5. The molecule has 16 heavy (non-hydrogen) atoms. The third-order valence-electron chi connectivity index (χ3n) is 2.09. The van der Waals surface area contributed by atoms with Crippen LogP contribution in [0.2, 0.25) is 0 Å². The van der Waals surface area contributed by atoms with Crippen LogP contribution in [-0.4, -0.2) is 56.7 Å². The molecule has 0 unspecified atom stereocenters. The number of ether oxygens (including phenoxy) is 1. The molecule has 0 bridgehead atoms. The zero-order valence-corrected chi connectivity index (χ0v) is 11.2.